The van der Waals surface area contributed by atoms with E-state index in [0.29, 0.717) is 6.42 Å². The number of benzene rings is 1. The molecule has 0 saturated carbocycles. The van der Waals surface area contributed by atoms with Crippen molar-refractivity contribution in [1.29, 1.82) is 0 Å². The van der Waals surface area contributed by atoms with Crippen LogP contribution in [0.5, 0.6) is 0 Å². The van der Waals surface area contributed by atoms with Gasteiger partial charge in [-0.05, 0) is 30.4 Å². The minimum Gasteiger partial charge on any atom is -0.356 e. The summed E-state index contributed by atoms with van der Waals surface area (Å²) >= 11 is 0. The molecule has 1 amide bonds. The van der Waals surface area contributed by atoms with Gasteiger partial charge in [0.15, 0.2) is 0 Å². The number of amides is 1. The SMILES string of the molecule is CCCNC(=O)CCn1c(CC)cc2ccccc21. The van der Waals surface area contributed by atoms with Crippen LogP contribution < -0.4 is 5.32 Å². The third kappa shape index (κ3) is 3.16. The van der Waals surface area contributed by atoms with Crippen LogP contribution >= 0.6 is 0 Å². The van der Waals surface area contributed by atoms with E-state index in [4.69, 9.17) is 0 Å². The number of para-hydroxylation sites is 1. The number of rotatable bonds is 6. The largest absolute Gasteiger partial charge is 0.356 e. The van der Waals surface area contributed by atoms with Crippen LogP contribution in [0.15, 0.2) is 30.3 Å². The Labute approximate surface area is 114 Å². The third-order valence-corrected chi connectivity index (χ3v) is 3.39. The van der Waals surface area contributed by atoms with Gasteiger partial charge < -0.3 is 9.88 Å². The van der Waals surface area contributed by atoms with Crippen LogP contribution in [0.4, 0.5) is 0 Å². The number of hydrogen-bond acceptors (Lipinski definition) is 1. The van der Waals surface area contributed by atoms with Crippen LogP contribution in [0.25, 0.3) is 10.9 Å². The molecule has 1 aromatic heterocycles. The van der Waals surface area contributed by atoms with Gasteiger partial charge in [-0.1, -0.05) is 32.0 Å². The number of aromatic nitrogens is 1. The molecule has 0 aliphatic carbocycles. The molecule has 3 nitrogen and oxygen atoms in total. The molecule has 0 spiro atoms. The van der Waals surface area contributed by atoms with E-state index in [2.05, 4.69) is 54.1 Å². The Hall–Kier alpha value is -1.77. The first-order valence-electron chi connectivity index (χ1n) is 7.10. The summed E-state index contributed by atoms with van der Waals surface area (Å²) in [6.07, 6.45) is 2.52. The number of carbonyl (C=O) groups excluding carboxylic acids is 1. The number of nitrogens with one attached hydrogen (secondary N) is 1. The molecular formula is C16H22N2O. The van der Waals surface area contributed by atoms with Gasteiger partial charge in [0, 0.05) is 30.7 Å². The van der Waals surface area contributed by atoms with Gasteiger partial charge in [0.25, 0.3) is 0 Å². The van der Waals surface area contributed by atoms with Crippen molar-refractivity contribution in [2.24, 2.45) is 0 Å². The smallest absolute Gasteiger partial charge is 0.221 e. The van der Waals surface area contributed by atoms with Crippen molar-refractivity contribution in [3.05, 3.63) is 36.0 Å². The second-order valence-corrected chi connectivity index (χ2v) is 4.80. The van der Waals surface area contributed by atoms with E-state index in [1.54, 1.807) is 0 Å². The summed E-state index contributed by atoms with van der Waals surface area (Å²) in [6, 6.07) is 10.6. The van der Waals surface area contributed by atoms with Crippen molar-refractivity contribution in [2.75, 3.05) is 6.54 Å². The van der Waals surface area contributed by atoms with E-state index in [9.17, 15) is 4.79 Å². The van der Waals surface area contributed by atoms with Gasteiger partial charge in [-0.25, -0.2) is 0 Å². The Bertz CT molecular complexity index is 557. The van der Waals surface area contributed by atoms with Gasteiger partial charge in [0.2, 0.25) is 5.91 Å². The second-order valence-electron chi connectivity index (χ2n) is 4.80. The molecule has 0 unspecified atom stereocenters. The molecule has 102 valence electrons. The molecule has 2 rings (SSSR count). The zero-order chi connectivity index (χ0) is 13.7. The van der Waals surface area contributed by atoms with Crippen molar-refractivity contribution in [3.63, 3.8) is 0 Å². The Kier molecular flexibility index (Phi) is 4.61. The zero-order valence-electron chi connectivity index (χ0n) is 11.8. The highest BCUT2D eigenvalue weighted by atomic mass is 16.1. The van der Waals surface area contributed by atoms with Crippen LogP contribution in [0.3, 0.4) is 0 Å². The summed E-state index contributed by atoms with van der Waals surface area (Å²) in [5, 5.41) is 4.19. The molecule has 0 aliphatic rings. The summed E-state index contributed by atoms with van der Waals surface area (Å²) < 4.78 is 2.26. The number of hydrogen-bond donors (Lipinski definition) is 1. The van der Waals surface area contributed by atoms with Crippen LogP contribution in [0.1, 0.15) is 32.4 Å². The predicted molar refractivity (Wildman–Crippen MR) is 79.2 cm³/mol. The van der Waals surface area contributed by atoms with Gasteiger partial charge in [-0.15, -0.1) is 0 Å². The molecule has 0 radical (unpaired) electrons. The average Bonchev–Trinajstić information content (AvgIpc) is 2.80. The Morgan fingerprint density at radius 3 is 2.79 bits per heavy atom. The normalized spacial score (nSPS) is 10.8. The standard InChI is InChI=1S/C16H22N2O/c1-3-10-17-16(19)9-11-18-14(4-2)12-13-7-5-6-8-15(13)18/h5-8,12H,3-4,9-11H2,1-2H3,(H,17,19). The second kappa shape index (κ2) is 6.41. The fourth-order valence-electron chi connectivity index (χ4n) is 2.39. The minimum absolute atomic E-state index is 0.140. The highest BCUT2D eigenvalue weighted by molar-refractivity contribution is 5.82. The van der Waals surface area contributed by atoms with E-state index in [1.807, 2.05) is 0 Å². The van der Waals surface area contributed by atoms with Crippen molar-refractivity contribution < 1.29 is 4.79 Å². The number of nitrogens with zero attached hydrogens (tertiary/aromatic N) is 1. The average molecular weight is 258 g/mol. The van der Waals surface area contributed by atoms with Gasteiger partial charge >= 0.3 is 0 Å². The first-order valence-corrected chi connectivity index (χ1v) is 7.10. The monoisotopic (exact) mass is 258 g/mol. The maximum absolute atomic E-state index is 11.7. The maximum Gasteiger partial charge on any atom is 0.221 e. The molecule has 1 aromatic carbocycles. The lowest BCUT2D eigenvalue weighted by molar-refractivity contribution is -0.121. The number of carbonyl (C=O) groups is 1. The van der Waals surface area contributed by atoms with Crippen molar-refractivity contribution in [3.8, 4) is 0 Å². The van der Waals surface area contributed by atoms with Crippen LogP contribution in [-0.4, -0.2) is 17.0 Å². The van der Waals surface area contributed by atoms with Gasteiger partial charge in [-0.2, -0.15) is 0 Å². The van der Waals surface area contributed by atoms with Gasteiger partial charge in [0.05, 0.1) is 0 Å². The first kappa shape index (κ1) is 13.7. The highest BCUT2D eigenvalue weighted by Crippen LogP contribution is 2.20. The van der Waals surface area contributed by atoms with E-state index < -0.39 is 0 Å². The summed E-state index contributed by atoms with van der Waals surface area (Å²) in [5.74, 6) is 0.140. The number of aryl methyl sites for hydroxylation is 2. The molecule has 19 heavy (non-hydrogen) atoms. The molecule has 2 aromatic rings. The lowest BCUT2D eigenvalue weighted by Crippen LogP contribution is -2.25. The fraction of sp³-hybridized carbons (Fsp3) is 0.438. The van der Waals surface area contributed by atoms with Gasteiger partial charge in [0.1, 0.15) is 0 Å². The summed E-state index contributed by atoms with van der Waals surface area (Å²) in [5.41, 5.74) is 2.52. The molecule has 0 bridgehead atoms. The van der Waals surface area contributed by atoms with Crippen LogP contribution in [0.2, 0.25) is 0 Å². The van der Waals surface area contributed by atoms with Crippen molar-refractivity contribution >= 4 is 16.8 Å². The van der Waals surface area contributed by atoms with Crippen LogP contribution in [-0.2, 0) is 17.8 Å². The lowest BCUT2D eigenvalue weighted by Gasteiger charge is -2.09. The molecular weight excluding hydrogens is 236 g/mol. The van der Waals surface area contributed by atoms with E-state index in [1.165, 1.54) is 16.6 Å². The van der Waals surface area contributed by atoms with E-state index in [-0.39, 0.29) is 5.91 Å². The third-order valence-electron chi connectivity index (χ3n) is 3.39. The molecule has 0 aliphatic heterocycles. The first-order chi connectivity index (χ1) is 9.26. The Morgan fingerprint density at radius 2 is 2.05 bits per heavy atom. The Balaban J connectivity index is 2.13. The van der Waals surface area contributed by atoms with Gasteiger partial charge in [-0.3, -0.25) is 4.79 Å². The van der Waals surface area contributed by atoms with E-state index >= 15 is 0 Å². The Morgan fingerprint density at radius 1 is 1.26 bits per heavy atom. The quantitative estimate of drug-likeness (QED) is 0.848. The maximum atomic E-state index is 11.7. The minimum atomic E-state index is 0.140. The van der Waals surface area contributed by atoms with E-state index in [0.717, 1.165) is 25.9 Å². The van der Waals surface area contributed by atoms with Crippen LogP contribution in [0, 0.1) is 0 Å². The summed E-state index contributed by atoms with van der Waals surface area (Å²) in [4.78, 5) is 11.7. The summed E-state index contributed by atoms with van der Waals surface area (Å²) in [6.45, 7) is 5.74. The molecule has 0 atom stereocenters. The molecule has 0 saturated heterocycles. The predicted octanol–water partition coefficient (Wildman–Crippen LogP) is 3.12. The molecule has 1 N–H and O–H groups in total. The fourth-order valence-corrected chi connectivity index (χ4v) is 2.39. The summed E-state index contributed by atoms with van der Waals surface area (Å²) in [7, 11) is 0. The topological polar surface area (TPSA) is 34.0 Å². The zero-order valence-corrected chi connectivity index (χ0v) is 11.8. The molecule has 0 fully saturated rings. The molecule has 1 heterocycles. The van der Waals surface area contributed by atoms with Crippen molar-refractivity contribution in [1.82, 2.24) is 9.88 Å². The number of fused-ring (bicyclic) bond motifs is 1. The molecule has 3 heteroatoms. The lowest BCUT2D eigenvalue weighted by atomic mass is 10.2. The van der Waals surface area contributed by atoms with Crippen molar-refractivity contribution in [2.45, 2.75) is 39.7 Å². The highest BCUT2D eigenvalue weighted by Gasteiger charge is 2.08.